The molecule has 1 heterocycles. The first kappa shape index (κ1) is 13.1. The molecule has 0 aromatic carbocycles. The first-order chi connectivity index (χ1) is 10.0. The molecule has 2 heteroatoms. The van der Waals surface area contributed by atoms with Crippen LogP contribution in [0.25, 0.3) is 0 Å². The number of carbonyl (C=O) groups is 1. The van der Waals surface area contributed by atoms with Gasteiger partial charge >= 0.3 is 0 Å². The number of epoxide rings is 1. The van der Waals surface area contributed by atoms with Crippen LogP contribution < -0.4 is 0 Å². The summed E-state index contributed by atoms with van der Waals surface area (Å²) in [4.78, 5) is 12.4. The summed E-state index contributed by atoms with van der Waals surface area (Å²) in [5, 5.41) is 0. The van der Waals surface area contributed by atoms with Gasteiger partial charge in [0.05, 0.1) is 12.2 Å². The Labute approximate surface area is 128 Å². The number of hydrogen-bond donors (Lipinski definition) is 0. The van der Waals surface area contributed by atoms with Gasteiger partial charge in [-0.3, -0.25) is 4.79 Å². The molecule has 4 aliphatic carbocycles. The standard InChI is InChI=1S/C19H28O2/c1-18-10-8-15-17(21-15)14(18)4-3-11-12-5-6-16(20)19(12,2)9-7-13(11)18/h11-15,17H,3-10H2,1-2H3. The Balaban J connectivity index is 1.49. The zero-order valence-electron chi connectivity index (χ0n) is 13.4. The molecular formula is C19H28O2. The molecule has 0 aromatic rings. The van der Waals surface area contributed by atoms with Crippen LogP contribution in [0.4, 0.5) is 0 Å². The second-order valence-electron chi connectivity index (χ2n) is 9.16. The number of rotatable bonds is 0. The molecule has 5 fully saturated rings. The third kappa shape index (κ3) is 1.51. The van der Waals surface area contributed by atoms with E-state index in [2.05, 4.69) is 13.8 Å². The molecule has 1 aliphatic heterocycles. The predicted molar refractivity (Wildman–Crippen MR) is 80.8 cm³/mol. The third-order valence-corrected chi connectivity index (χ3v) is 8.64. The maximum Gasteiger partial charge on any atom is 0.139 e. The van der Waals surface area contributed by atoms with Crippen LogP contribution >= 0.6 is 0 Å². The molecule has 0 N–H and O–H groups in total. The van der Waals surface area contributed by atoms with Crippen molar-refractivity contribution in [2.45, 2.75) is 77.4 Å². The summed E-state index contributed by atoms with van der Waals surface area (Å²) in [6.07, 6.45) is 11.1. The average Bonchev–Trinajstić information content (AvgIpc) is 3.18. The van der Waals surface area contributed by atoms with Crippen LogP contribution in [-0.4, -0.2) is 18.0 Å². The zero-order chi connectivity index (χ0) is 14.4. The van der Waals surface area contributed by atoms with Crippen LogP contribution in [0.3, 0.4) is 0 Å². The van der Waals surface area contributed by atoms with Crippen molar-refractivity contribution >= 4 is 5.78 Å². The van der Waals surface area contributed by atoms with E-state index >= 15 is 0 Å². The van der Waals surface area contributed by atoms with Gasteiger partial charge in [-0.25, -0.2) is 0 Å². The van der Waals surface area contributed by atoms with Crippen molar-refractivity contribution in [1.29, 1.82) is 0 Å². The van der Waals surface area contributed by atoms with Crippen LogP contribution in [0.15, 0.2) is 0 Å². The van der Waals surface area contributed by atoms with Crippen molar-refractivity contribution in [3.63, 3.8) is 0 Å². The summed E-state index contributed by atoms with van der Waals surface area (Å²) >= 11 is 0. The van der Waals surface area contributed by atoms with Gasteiger partial charge in [0, 0.05) is 11.8 Å². The highest BCUT2D eigenvalue weighted by Crippen LogP contribution is 2.67. The Morgan fingerprint density at radius 3 is 2.67 bits per heavy atom. The highest BCUT2D eigenvalue weighted by Gasteiger charge is 2.64. The van der Waals surface area contributed by atoms with Gasteiger partial charge < -0.3 is 4.74 Å². The predicted octanol–water partition coefficient (Wildman–Crippen LogP) is 3.98. The van der Waals surface area contributed by atoms with Gasteiger partial charge in [-0.2, -0.15) is 0 Å². The summed E-state index contributed by atoms with van der Waals surface area (Å²) in [6, 6.07) is 0. The molecule has 0 bridgehead atoms. The lowest BCUT2D eigenvalue weighted by molar-refractivity contribution is -0.138. The van der Waals surface area contributed by atoms with E-state index in [0.29, 0.717) is 29.3 Å². The van der Waals surface area contributed by atoms with Gasteiger partial charge in [0.25, 0.3) is 0 Å². The molecule has 1 saturated heterocycles. The fourth-order valence-electron chi connectivity index (χ4n) is 7.36. The van der Waals surface area contributed by atoms with Crippen molar-refractivity contribution in [2.75, 3.05) is 0 Å². The maximum atomic E-state index is 12.4. The van der Waals surface area contributed by atoms with Crippen molar-refractivity contribution in [3.8, 4) is 0 Å². The van der Waals surface area contributed by atoms with Crippen molar-refractivity contribution in [1.82, 2.24) is 0 Å². The fraction of sp³-hybridized carbons (Fsp3) is 0.947. The largest absolute Gasteiger partial charge is 0.369 e. The van der Waals surface area contributed by atoms with Crippen LogP contribution in [-0.2, 0) is 9.53 Å². The molecule has 4 saturated carbocycles. The van der Waals surface area contributed by atoms with E-state index in [9.17, 15) is 4.79 Å². The Kier molecular flexibility index (Phi) is 2.45. The second kappa shape index (κ2) is 3.93. The van der Waals surface area contributed by atoms with Gasteiger partial charge in [0.2, 0.25) is 0 Å². The first-order valence-corrected chi connectivity index (χ1v) is 9.23. The zero-order valence-corrected chi connectivity index (χ0v) is 13.4. The summed E-state index contributed by atoms with van der Waals surface area (Å²) in [5.41, 5.74) is 0.547. The van der Waals surface area contributed by atoms with Crippen molar-refractivity contribution < 1.29 is 9.53 Å². The number of carbonyl (C=O) groups excluding carboxylic acids is 1. The van der Waals surface area contributed by atoms with Gasteiger partial charge in [-0.1, -0.05) is 13.8 Å². The van der Waals surface area contributed by atoms with E-state index in [-0.39, 0.29) is 5.41 Å². The Bertz CT molecular complexity index is 500. The molecular weight excluding hydrogens is 260 g/mol. The van der Waals surface area contributed by atoms with Crippen LogP contribution in [0.1, 0.15) is 65.2 Å². The smallest absolute Gasteiger partial charge is 0.139 e. The molecule has 8 atom stereocenters. The molecule has 116 valence electrons. The average molecular weight is 288 g/mol. The van der Waals surface area contributed by atoms with Crippen LogP contribution in [0.2, 0.25) is 0 Å². The SMILES string of the molecule is CC12CCC3C(CCC4C5OC5CCC34C)C1CCC2=O. The third-order valence-electron chi connectivity index (χ3n) is 8.64. The van der Waals surface area contributed by atoms with Crippen molar-refractivity contribution in [3.05, 3.63) is 0 Å². The summed E-state index contributed by atoms with van der Waals surface area (Å²) in [7, 11) is 0. The van der Waals surface area contributed by atoms with Crippen LogP contribution in [0, 0.1) is 34.5 Å². The lowest BCUT2D eigenvalue weighted by Gasteiger charge is -2.58. The number of Topliss-reactive ketones (excluding diaryl/α,β-unsaturated/α-hetero) is 1. The summed E-state index contributed by atoms with van der Waals surface area (Å²) in [6.45, 7) is 4.87. The minimum Gasteiger partial charge on any atom is -0.369 e. The molecule has 5 rings (SSSR count). The molecule has 2 nitrogen and oxygen atoms in total. The lowest BCUT2D eigenvalue weighted by Crippen LogP contribution is -2.54. The monoisotopic (exact) mass is 288 g/mol. The van der Waals surface area contributed by atoms with E-state index in [0.717, 1.165) is 30.6 Å². The minimum atomic E-state index is 0.0393. The molecule has 5 aliphatic rings. The van der Waals surface area contributed by atoms with Gasteiger partial charge in [0.1, 0.15) is 5.78 Å². The van der Waals surface area contributed by atoms with E-state index in [1.54, 1.807) is 0 Å². The van der Waals surface area contributed by atoms with Gasteiger partial charge in [0.15, 0.2) is 0 Å². The molecule has 21 heavy (non-hydrogen) atoms. The molecule has 0 radical (unpaired) electrons. The van der Waals surface area contributed by atoms with Crippen LogP contribution in [0.5, 0.6) is 0 Å². The first-order valence-electron chi connectivity index (χ1n) is 9.23. The van der Waals surface area contributed by atoms with Gasteiger partial charge in [-0.05, 0) is 74.0 Å². The lowest BCUT2D eigenvalue weighted by atomic mass is 9.45. The minimum absolute atomic E-state index is 0.0393. The fourth-order valence-corrected chi connectivity index (χ4v) is 7.36. The quantitative estimate of drug-likeness (QED) is 0.631. The number of fused-ring (bicyclic) bond motifs is 7. The second-order valence-corrected chi connectivity index (χ2v) is 9.16. The van der Waals surface area contributed by atoms with Crippen molar-refractivity contribution in [2.24, 2.45) is 34.5 Å². The highest BCUT2D eigenvalue weighted by molar-refractivity contribution is 5.87. The van der Waals surface area contributed by atoms with E-state index in [1.807, 2.05) is 0 Å². The topological polar surface area (TPSA) is 29.6 Å². The Morgan fingerprint density at radius 1 is 0.952 bits per heavy atom. The molecule has 8 unspecified atom stereocenters. The highest BCUT2D eigenvalue weighted by atomic mass is 16.6. The molecule has 0 spiro atoms. The van der Waals surface area contributed by atoms with E-state index < -0.39 is 0 Å². The number of hydrogen-bond acceptors (Lipinski definition) is 2. The normalized spacial score (nSPS) is 61.5. The Morgan fingerprint density at radius 2 is 1.81 bits per heavy atom. The maximum absolute atomic E-state index is 12.4. The van der Waals surface area contributed by atoms with E-state index in [1.165, 1.54) is 38.5 Å². The number of ether oxygens (including phenoxy) is 1. The Hall–Kier alpha value is -0.370. The van der Waals surface area contributed by atoms with Gasteiger partial charge in [-0.15, -0.1) is 0 Å². The van der Waals surface area contributed by atoms with E-state index in [4.69, 9.17) is 4.74 Å². The molecule has 0 amide bonds. The number of ketones is 1. The summed E-state index contributed by atoms with van der Waals surface area (Å²) in [5.74, 6) is 3.78. The summed E-state index contributed by atoms with van der Waals surface area (Å²) < 4.78 is 5.96. The molecule has 0 aromatic heterocycles.